The maximum Gasteiger partial charge on any atom is 0.203 e. The fourth-order valence-corrected chi connectivity index (χ4v) is 4.94. The van der Waals surface area contributed by atoms with Gasteiger partial charge < -0.3 is 19.4 Å². The Kier molecular flexibility index (Phi) is 5.37. The third-order valence-corrected chi connectivity index (χ3v) is 6.64. The molecule has 2 aliphatic heterocycles. The SMILES string of the molecule is COc1cc2c(cc1OC)=NC(N1CCn3c(cnc3NC3CCCCC3)C1)CC=2. The molecule has 1 aromatic heterocycles. The second-order valence-corrected chi connectivity index (χ2v) is 8.49. The molecule has 1 aromatic carbocycles. The zero-order valence-corrected chi connectivity index (χ0v) is 17.9. The quantitative estimate of drug-likeness (QED) is 0.821. The van der Waals surface area contributed by atoms with Crippen molar-refractivity contribution in [2.75, 3.05) is 26.1 Å². The Morgan fingerprint density at radius 2 is 1.83 bits per heavy atom. The van der Waals surface area contributed by atoms with Crippen molar-refractivity contribution in [3.8, 4) is 11.5 Å². The third-order valence-electron chi connectivity index (χ3n) is 6.64. The van der Waals surface area contributed by atoms with Gasteiger partial charge in [0.25, 0.3) is 0 Å². The van der Waals surface area contributed by atoms with Crippen LogP contribution in [0.5, 0.6) is 11.5 Å². The lowest BCUT2D eigenvalue weighted by Gasteiger charge is -2.34. The molecular weight excluding hydrogens is 378 g/mol. The maximum atomic E-state index is 5.46. The number of anilines is 1. The molecule has 1 fully saturated rings. The molecule has 1 N–H and O–H groups in total. The standard InChI is InChI=1S/C23H31N5O2/c1-29-20-12-16-8-9-22(26-19(16)13-21(20)30-2)27-10-11-28-18(15-27)14-24-23(28)25-17-6-4-3-5-7-17/h8,12-14,17,22H,3-7,9-11,15H2,1-2H3,(H,24,25). The minimum Gasteiger partial charge on any atom is -0.493 e. The van der Waals surface area contributed by atoms with Crippen LogP contribution in [0.1, 0.15) is 44.2 Å². The summed E-state index contributed by atoms with van der Waals surface area (Å²) in [6.45, 7) is 2.81. The monoisotopic (exact) mass is 409 g/mol. The van der Waals surface area contributed by atoms with Crippen LogP contribution in [0.4, 0.5) is 5.95 Å². The van der Waals surface area contributed by atoms with Crippen molar-refractivity contribution in [1.82, 2.24) is 14.5 Å². The van der Waals surface area contributed by atoms with Crippen LogP contribution in [0.2, 0.25) is 0 Å². The number of ether oxygens (including phenoxy) is 2. The highest BCUT2D eigenvalue weighted by Crippen LogP contribution is 2.26. The molecule has 7 nitrogen and oxygen atoms in total. The van der Waals surface area contributed by atoms with Gasteiger partial charge in [0.2, 0.25) is 5.95 Å². The number of rotatable bonds is 5. The van der Waals surface area contributed by atoms with Crippen molar-refractivity contribution >= 4 is 12.0 Å². The molecule has 1 atom stereocenters. The van der Waals surface area contributed by atoms with Crippen LogP contribution in [0, 0.1) is 0 Å². The number of fused-ring (bicyclic) bond motifs is 2. The molecule has 0 bridgehead atoms. The molecule has 30 heavy (non-hydrogen) atoms. The van der Waals surface area contributed by atoms with Crippen molar-refractivity contribution in [2.45, 2.75) is 63.8 Å². The molecule has 3 aliphatic rings. The van der Waals surface area contributed by atoms with Gasteiger partial charge in [-0.1, -0.05) is 25.3 Å². The van der Waals surface area contributed by atoms with Crippen LogP contribution >= 0.6 is 0 Å². The fraction of sp³-hybridized carbons (Fsp3) is 0.565. The summed E-state index contributed by atoms with van der Waals surface area (Å²) in [6.07, 6.45) is 11.9. The van der Waals surface area contributed by atoms with E-state index in [0.717, 1.165) is 54.1 Å². The number of hydrogen-bond acceptors (Lipinski definition) is 6. The van der Waals surface area contributed by atoms with E-state index in [-0.39, 0.29) is 6.17 Å². The summed E-state index contributed by atoms with van der Waals surface area (Å²) < 4.78 is 13.3. The molecule has 0 spiro atoms. The highest BCUT2D eigenvalue weighted by molar-refractivity contribution is 5.43. The number of hydrogen-bond donors (Lipinski definition) is 1. The highest BCUT2D eigenvalue weighted by Gasteiger charge is 2.26. The minimum atomic E-state index is 0.147. The van der Waals surface area contributed by atoms with E-state index in [1.807, 2.05) is 18.3 Å². The molecule has 3 heterocycles. The predicted octanol–water partition coefficient (Wildman–Crippen LogP) is 2.29. The predicted molar refractivity (Wildman–Crippen MR) is 116 cm³/mol. The minimum absolute atomic E-state index is 0.147. The molecule has 1 unspecified atom stereocenters. The molecule has 1 saturated carbocycles. The van der Waals surface area contributed by atoms with Gasteiger partial charge in [0.1, 0.15) is 6.17 Å². The van der Waals surface area contributed by atoms with Gasteiger partial charge in [-0.3, -0.25) is 9.89 Å². The van der Waals surface area contributed by atoms with E-state index in [9.17, 15) is 0 Å². The molecule has 7 heteroatoms. The summed E-state index contributed by atoms with van der Waals surface area (Å²) >= 11 is 0. The molecule has 1 aliphatic carbocycles. The van der Waals surface area contributed by atoms with Gasteiger partial charge in [-0.25, -0.2) is 4.98 Å². The zero-order chi connectivity index (χ0) is 20.5. The number of imidazole rings is 1. The largest absolute Gasteiger partial charge is 0.493 e. The zero-order valence-electron chi connectivity index (χ0n) is 17.9. The Morgan fingerprint density at radius 3 is 2.63 bits per heavy atom. The summed E-state index contributed by atoms with van der Waals surface area (Å²) in [4.78, 5) is 12.2. The molecule has 5 rings (SSSR count). The number of benzene rings is 1. The maximum absolute atomic E-state index is 5.46. The topological polar surface area (TPSA) is 63.9 Å². The first-order valence-corrected chi connectivity index (χ1v) is 11.1. The number of methoxy groups -OCH3 is 2. The van der Waals surface area contributed by atoms with Gasteiger partial charge in [-0.2, -0.15) is 0 Å². The number of aromatic nitrogens is 2. The normalized spacial score (nSPS) is 21.7. The second-order valence-electron chi connectivity index (χ2n) is 8.49. The van der Waals surface area contributed by atoms with E-state index in [0.29, 0.717) is 6.04 Å². The summed E-state index contributed by atoms with van der Waals surface area (Å²) in [7, 11) is 3.33. The van der Waals surface area contributed by atoms with E-state index < -0.39 is 0 Å². The van der Waals surface area contributed by atoms with Crippen molar-refractivity contribution in [3.05, 3.63) is 34.6 Å². The summed E-state index contributed by atoms with van der Waals surface area (Å²) in [5.41, 5.74) is 1.27. The second kappa shape index (κ2) is 8.30. The Labute approximate surface area is 177 Å². The van der Waals surface area contributed by atoms with Crippen LogP contribution in [0.15, 0.2) is 23.3 Å². The van der Waals surface area contributed by atoms with Crippen LogP contribution in [0.25, 0.3) is 6.08 Å². The van der Waals surface area contributed by atoms with Crippen LogP contribution < -0.4 is 25.4 Å². The van der Waals surface area contributed by atoms with Gasteiger partial charge in [-0.15, -0.1) is 0 Å². The average molecular weight is 410 g/mol. The Bertz CT molecular complexity index is 1020. The van der Waals surface area contributed by atoms with E-state index >= 15 is 0 Å². The van der Waals surface area contributed by atoms with Gasteiger partial charge >= 0.3 is 0 Å². The van der Waals surface area contributed by atoms with E-state index in [2.05, 4.69) is 20.9 Å². The van der Waals surface area contributed by atoms with Crippen LogP contribution in [-0.2, 0) is 13.1 Å². The van der Waals surface area contributed by atoms with Gasteiger partial charge in [0.15, 0.2) is 11.5 Å². The van der Waals surface area contributed by atoms with Crippen LogP contribution in [0.3, 0.4) is 0 Å². The smallest absolute Gasteiger partial charge is 0.203 e. The fourth-order valence-electron chi connectivity index (χ4n) is 4.94. The van der Waals surface area contributed by atoms with E-state index in [4.69, 9.17) is 19.5 Å². The van der Waals surface area contributed by atoms with Crippen LogP contribution in [-0.4, -0.2) is 47.4 Å². The lowest BCUT2D eigenvalue weighted by atomic mass is 9.96. The first kappa shape index (κ1) is 19.4. The van der Waals surface area contributed by atoms with Gasteiger partial charge in [-0.05, 0) is 24.1 Å². The van der Waals surface area contributed by atoms with Crippen molar-refractivity contribution in [2.24, 2.45) is 4.99 Å². The third kappa shape index (κ3) is 3.67. The molecule has 0 amide bonds. The van der Waals surface area contributed by atoms with Crippen molar-refractivity contribution in [3.63, 3.8) is 0 Å². The number of nitrogens with one attached hydrogen (secondary N) is 1. The molecular formula is C23H31N5O2. The van der Waals surface area contributed by atoms with Gasteiger partial charge in [0, 0.05) is 38.2 Å². The first-order valence-electron chi connectivity index (χ1n) is 11.1. The number of nitrogens with zero attached hydrogens (tertiary/aromatic N) is 4. The highest BCUT2D eigenvalue weighted by atomic mass is 16.5. The molecule has 160 valence electrons. The van der Waals surface area contributed by atoms with Crippen molar-refractivity contribution in [1.29, 1.82) is 0 Å². The van der Waals surface area contributed by atoms with Gasteiger partial charge in [0.05, 0.1) is 31.5 Å². The summed E-state index contributed by atoms with van der Waals surface area (Å²) in [5.74, 6) is 2.52. The Morgan fingerprint density at radius 1 is 1.03 bits per heavy atom. The van der Waals surface area contributed by atoms with E-state index in [1.165, 1.54) is 37.8 Å². The lowest BCUT2D eigenvalue weighted by molar-refractivity contribution is 0.159. The Balaban J connectivity index is 1.33. The van der Waals surface area contributed by atoms with E-state index in [1.54, 1.807) is 14.2 Å². The Hall–Kier alpha value is -2.54. The lowest BCUT2D eigenvalue weighted by Crippen LogP contribution is -2.44. The molecule has 0 radical (unpaired) electrons. The van der Waals surface area contributed by atoms with Crippen molar-refractivity contribution < 1.29 is 9.47 Å². The molecule has 0 saturated heterocycles. The summed E-state index contributed by atoms with van der Waals surface area (Å²) in [5, 5.41) is 5.79. The average Bonchev–Trinajstić information content (AvgIpc) is 3.20. The first-order chi connectivity index (χ1) is 14.7. The molecule has 2 aromatic rings. The summed E-state index contributed by atoms with van der Waals surface area (Å²) in [6, 6.07) is 4.58.